The lowest BCUT2D eigenvalue weighted by atomic mass is 10.0. The van der Waals surface area contributed by atoms with Crippen molar-refractivity contribution in [1.82, 2.24) is 19.8 Å². The number of anilines is 1. The largest absolute Gasteiger partial charge is 0.366 e. The number of carbonyl (C=O) groups is 1. The first-order valence-corrected chi connectivity index (χ1v) is 9.62. The van der Waals surface area contributed by atoms with Crippen LogP contribution in [0.4, 0.5) is 10.2 Å². The summed E-state index contributed by atoms with van der Waals surface area (Å²) in [6, 6.07) is 6.68. The van der Waals surface area contributed by atoms with Gasteiger partial charge in [0, 0.05) is 26.6 Å². The Bertz CT molecular complexity index is 829. The highest BCUT2D eigenvalue weighted by Crippen LogP contribution is 2.22. The second-order valence-corrected chi connectivity index (χ2v) is 7.68. The van der Waals surface area contributed by atoms with Crippen molar-refractivity contribution in [3.8, 4) is 0 Å². The van der Waals surface area contributed by atoms with Crippen molar-refractivity contribution in [2.24, 2.45) is 0 Å². The Morgan fingerprint density at radius 3 is 2.46 bits per heavy atom. The molecular weight excluding hydrogens is 357 g/mol. The average molecular weight is 385 g/mol. The van der Waals surface area contributed by atoms with Gasteiger partial charge >= 0.3 is 0 Å². The number of hydrogen-bond acceptors (Lipinski definition) is 5. The van der Waals surface area contributed by atoms with E-state index in [2.05, 4.69) is 22.2 Å². The van der Waals surface area contributed by atoms with E-state index in [0.29, 0.717) is 35.4 Å². The van der Waals surface area contributed by atoms with Crippen molar-refractivity contribution in [2.75, 3.05) is 39.5 Å². The quantitative estimate of drug-likeness (QED) is 0.858. The molecule has 1 saturated heterocycles. The van der Waals surface area contributed by atoms with Crippen LogP contribution < -0.4 is 5.32 Å². The summed E-state index contributed by atoms with van der Waals surface area (Å²) in [4.78, 5) is 25.7. The summed E-state index contributed by atoms with van der Waals surface area (Å²) in [5.41, 5.74) is 2.60. The zero-order chi connectivity index (χ0) is 20.3. The highest BCUT2D eigenvalue weighted by Gasteiger charge is 2.22. The third kappa shape index (κ3) is 4.84. The maximum Gasteiger partial charge on any atom is 0.273 e. The van der Waals surface area contributed by atoms with E-state index in [1.54, 1.807) is 26.2 Å². The minimum absolute atomic E-state index is 0.170. The van der Waals surface area contributed by atoms with Gasteiger partial charge in [0.2, 0.25) is 0 Å². The number of amides is 1. The number of aromatic nitrogens is 2. The van der Waals surface area contributed by atoms with E-state index in [0.717, 1.165) is 31.5 Å². The van der Waals surface area contributed by atoms with Gasteiger partial charge in [0.15, 0.2) is 0 Å². The number of nitrogens with one attached hydrogen (secondary N) is 1. The SMILES string of the molecule is Cc1nc(NC2CCN(C)CC2)c(Cc2ccc(F)cc2)nc1C(=O)N(C)C. The minimum atomic E-state index is -0.271. The number of hydrogen-bond donors (Lipinski definition) is 1. The smallest absolute Gasteiger partial charge is 0.273 e. The fourth-order valence-corrected chi connectivity index (χ4v) is 3.35. The number of benzene rings is 1. The Morgan fingerprint density at radius 2 is 1.86 bits per heavy atom. The van der Waals surface area contributed by atoms with Gasteiger partial charge in [-0.15, -0.1) is 0 Å². The van der Waals surface area contributed by atoms with Crippen LogP contribution in [0.1, 0.15) is 40.3 Å². The van der Waals surface area contributed by atoms with Crippen LogP contribution in [-0.2, 0) is 6.42 Å². The number of halogens is 1. The normalized spacial score (nSPS) is 15.5. The van der Waals surface area contributed by atoms with E-state index in [4.69, 9.17) is 4.98 Å². The predicted molar refractivity (Wildman–Crippen MR) is 108 cm³/mol. The monoisotopic (exact) mass is 385 g/mol. The van der Waals surface area contributed by atoms with Crippen LogP contribution in [0.5, 0.6) is 0 Å². The minimum Gasteiger partial charge on any atom is -0.366 e. The second kappa shape index (κ2) is 8.65. The standard InChI is InChI=1S/C21H28FN5O/c1-14-19(21(28)26(2)3)25-18(13-15-5-7-16(22)8-6-15)20(23-14)24-17-9-11-27(4)12-10-17/h5-8,17H,9-13H2,1-4H3,(H,23,24). The van der Waals surface area contributed by atoms with Crippen LogP contribution >= 0.6 is 0 Å². The average Bonchev–Trinajstić information content (AvgIpc) is 2.66. The molecule has 0 spiro atoms. The zero-order valence-electron chi connectivity index (χ0n) is 17.0. The van der Waals surface area contributed by atoms with E-state index in [9.17, 15) is 9.18 Å². The molecule has 0 atom stereocenters. The summed E-state index contributed by atoms with van der Waals surface area (Å²) in [5.74, 6) is 0.273. The number of likely N-dealkylation sites (tertiary alicyclic amines) is 1. The first-order valence-electron chi connectivity index (χ1n) is 9.62. The zero-order valence-corrected chi connectivity index (χ0v) is 17.0. The van der Waals surface area contributed by atoms with Crippen LogP contribution in [-0.4, -0.2) is 65.9 Å². The molecule has 0 saturated carbocycles. The molecule has 3 rings (SSSR count). The Labute approximate surface area is 165 Å². The molecule has 0 radical (unpaired) electrons. The molecule has 2 aromatic rings. The third-order valence-electron chi connectivity index (χ3n) is 5.10. The number of aryl methyl sites for hydroxylation is 1. The summed E-state index contributed by atoms with van der Waals surface area (Å²) >= 11 is 0. The van der Waals surface area contributed by atoms with Crippen molar-refractivity contribution < 1.29 is 9.18 Å². The predicted octanol–water partition coefficient (Wildman–Crippen LogP) is 2.72. The maximum atomic E-state index is 13.3. The Hall–Kier alpha value is -2.54. The van der Waals surface area contributed by atoms with Gasteiger partial charge in [0.05, 0.1) is 11.4 Å². The summed E-state index contributed by atoms with van der Waals surface area (Å²) in [7, 11) is 5.53. The fraction of sp³-hybridized carbons (Fsp3) is 0.476. The first kappa shape index (κ1) is 20.2. The third-order valence-corrected chi connectivity index (χ3v) is 5.10. The molecular formula is C21H28FN5O. The molecule has 1 N–H and O–H groups in total. The van der Waals surface area contributed by atoms with Gasteiger partial charge in [-0.25, -0.2) is 14.4 Å². The highest BCUT2D eigenvalue weighted by atomic mass is 19.1. The molecule has 0 bridgehead atoms. The van der Waals surface area contributed by atoms with Gasteiger partial charge in [-0.3, -0.25) is 4.79 Å². The van der Waals surface area contributed by atoms with Crippen molar-refractivity contribution in [3.05, 3.63) is 52.7 Å². The molecule has 1 aliphatic rings. The van der Waals surface area contributed by atoms with Crippen LogP contribution in [0.15, 0.2) is 24.3 Å². The highest BCUT2D eigenvalue weighted by molar-refractivity contribution is 5.93. The maximum absolute atomic E-state index is 13.3. The fourth-order valence-electron chi connectivity index (χ4n) is 3.35. The molecule has 1 amide bonds. The lowest BCUT2D eigenvalue weighted by molar-refractivity contribution is 0.0820. The van der Waals surface area contributed by atoms with Crippen LogP contribution in [0, 0.1) is 12.7 Å². The number of carbonyl (C=O) groups excluding carboxylic acids is 1. The summed E-state index contributed by atoms with van der Waals surface area (Å²) < 4.78 is 13.3. The molecule has 7 heteroatoms. The van der Waals surface area contributed by atoms with E-state index in [-0.39, 0.29) is 11.7 Å². The first-order chi connectivity index (χ1) is 13.3. The Morgan fingerprint density at radius 1 is 1.21 bits per heavy atom. The van der Waals surface area contributed by atoms with Gasteiger partial charge in [0.1, 0.15) is 17.3 Å². The molecule has 1 fully saturated rings. The van der Waals surface area contributed by atoms with Gasteiger partial charge in [-0.2, -0.15) is 0 Å². The van der Waals surface area contributed by atoms with E-state index in [1.807, 2.05) is 6.92 Å². The molecule has 150 valence electrons. The van der Waals surface area contributed by atoms with E-state index >= 15 is 0 Å². The van der Waals surface area contributed by atoms with Crippen LogP contribution in [0.25, 0.3) is 0 Å². The number of piperidine rings is 1. The molecule has 0 unspecified atom stereocenters. The van der Waals surface area contributed by atoms with Crippen molar-refractivity contribution in [3.63, 3.8) is 0 Å². The number of nitrogens with zero attached hydrogens (tertiary/aromatic N) is 4. The van der Waals surface area contributed by atoms with Gasteiger partial charge in [-0.1, -0.05) is 12.1 Å². The lowest BCUT2D eigenvalue weighted by Gasteiger charge is -2.30. The van der Waals surface area contributed by atoms with Crippen molar-refractivity contribution in [2.45, 2.75) is 32.2 Å². The molecule has 2 heterocycles. The van der Waals surface area contributed by atoms with Gasteiger partial charge < -0.3 is 15.1 Å². The summed E-state index contributed by atoms with van der Waals surface area (Å²) in [6.45, 7) is 3.88. The molecule has 6 nitrogen and oxygen atoms in total. The van der Waals surface area contributed by atoms with Crippen molar-refractivity contribution in [1.29, 1.82) is 0 Å². The second-order valence-electron chi connectivity index (χ2n) is 7.68. The summed E-state index contributed by atoms with van der Waals surface area (Å²) in [6.07, 6.45) is 2.55. The van der Waals surface area contributed by atoms with Gasteiger partial charge in [-0.05, 0) is 57.6 Å². The molecule has 1 aliphatic heterocycles. The van der Waals surface area contributed by atoms with Gasteiger partial charge in [0.25, 0.3) is 5.91 Å². The molecule has 0 aliphatic carbocycles. The van der Waals surface area contributed by atoms with E-state index in [1.165, 1.54) is 17.0 Å². The Kier molecular flexibility index (Phi) is 6.24. The van der Waals surface area contributed by atoms with Crippen molar-refractivity contribution >= 4 is 11.7 Å². The number of rotatable bonds is 5. The summed E-state index contributed by atoms with van der Waals surface area (Å²) in [5, 5.41) is 3.54. The Balaban J connectivity index is 1.92. The van der Waals surface area contributed by atoms with Crippen LogP contribution in [0.2, 0.25) is 0 Å². The lowest BCUT2D eigenvalue weighted by Crippen LogP contribution is -2.37. The molecule has 1 aromatic carbocycles. The van der Waals surface area contributed by atoms with E-state index < -0.39 is 0 Å². The topological polar surface area (TPSA) is 61.4 Å². The van der Waals surface area contributed by atoms with Crippen LogP contribution in [0.3, 0.4) is 0 Å². The molecule has 1 aromatic heterocycles. The molecule has 28 heavy (non-hydrogen) atoms.